The molecule has 0 aliphatic rings. The van der Waals surface area contributed by atoms with Crippen LogP contribution in [0.5, 0.6) is 11.5 Å². The highest BCUT2D eigenvalue weighted by atomic mass is 127. The van der Waals surface area contributed by atoms with E-state index in [9.17, 15) is 8.78 Å². The van der Waals surface area contributed by atoms with Crippen molar-refractivity contribution >= 4 is 29.9 Å². The Morgan fingerprint density at radius 1 is 1.28 bits per heavy atom. The Balaban J connectivity index is 0.00000420. The number of nitrogens with zero attached hydrogens (tertiary/aromatic N) is 3. The Bertz CT molecular complexity index is 827. The van der Waals surface area contributed by atoms with Gasteiger partial charge in [-0.1, -0.05) is 0 Å². The standard InChI is InChI=1S/C19H27F2N5O2.HI/c1-6-22-19(24-11-16-12(2)25-26(4)13(16)3)23-10-14-9-15(27-5)7-8-17(14)28-18(20)21;/h7-9,18H,6,10-11H2,1-5H3,(H2,22,23,24);1H. The quantitative estimate of drug-likeness (QED) is 0.315. The molecule has 10 heteroatoms. The summed E-state index contributed by atoms with van der Waals surface area (Å²) in [4.78, 5) is 4.50. The van der Waals surface area contributed by atoms with Gasteiger partial charge < -0.3 is 20.1 Å². The molecule has 0 spiro atoms. The summed E-state index contributed by atoms with van der Waals surface area (Å²) in [7, 11) is 3.42. The number of hydrogen-bond acceptors (Lipinski definition) is 4. The molecule has 0 atom stereocenters. The molecule has 0 unspecified atom stereocenters. The van der Waals surface area contributed by atoms with Gasteiger partial charge in [0, 0.05) is 37.0 Å². The van der Waals surface area contributed by atoms with E-state index in [-0.39, 0.29) is 36.3 Å². The number of benzene rings is 1. The van der Waals surface area contributed by atoms with Gasteiger partial charge >= 0.3 is 6.61 Å². The van der Waals surface area contributed by atoms with Crippen molar-refractivity contribution in [2.45, 2.75) is 40.5 Å². The van der Waals surface area contributed by atoms with Crippen molar-refractivity contribution in [3.05, 3.63) is 40.7 Å². The number of halogens is 3. The molecule has 1 aromatic heterocycles. The lowest BCUT2D eigenvalue weighted by Gasteiger charge is -2.14. The SMILES string of the molecule is CCNC(=NCc1cc(OC)ccc1OC(F)F)NCc1c(C)nn(C)c1C.I. The van der Waals surface area contributed by atoms with Crippen molar-refractivity contribution in [2.24, 2.45) is 12.0 Å². The smallest absolute Gasteiger partial charge is 0.387 e. The molecule has 0 amide bonds. The molecule has 7 nitrogen and oxygen atoms in total. The molecule has 0 aliphatic heterocycles. The second-order valence-corrected chi connectivity index (χ2v) is 6.17. The Kier molecular flexibility index (Phi) is 10.1. The third-order valence-electron chi connectivity index (χ3n) is 4.33. The van der Waals surface area contributed by atoms with E-state index in [2.05, 4.69) is 25.5 Å². The summed E-state index contributed by atoms with van der Waals surface area (Å²) in [6.45, 7) is 4.38. The highest BCUT2D eigenvalue weighted by molar-refractivity contribution is 14.0. The number of guanidine groups is 1. The van der Waals surface area contributed by atoms with Crippen LogP contribution < -0.4 is 20.1 Å². The van der Waals surface area contributed by atoms with Gasteiger partial charge in [-0.2, -0.15) is 13.9 Å². The first-order valence-corrected chi connectivity index (χ1v) is 8.98. The van der Waals surface area contributed by atoms with Gasteiger partial charge in [-0.3, -0.25) is 4.68 Å². The first kappa shape index (κ1) is 24.9. The van der Waals surface area contributed by atoms with E-state index in [1.165, 1.54) is 13.2 Å². The van der Waals surface area contributed by atoms with E-state index < -0.39 is 6.61 Å². The molecule has 2 rings (SSSR count). The maximum Gasteiger partial charge on any atom is 0.387 e. The summed E-state index contributed by atoms with van der Waals surface area (Å²) in [6, 6.07) is 4.67. The summed E-state index contributed by atoms with van der Waals surface area (Å²) < 4.78 is 36.9. The molecule has 0 aliphatic carbocycles. The number of aromatic nitrogens is 2. The van der Waals surface area contributed by atoms with Crippen LogP contribution in [0.25, 0.3) is 0 Å². The zero-order valence-electron chi connectivity index (χ0n) is 17.3. The lowest BCUT2D eigenvalue weighted by Crippen LogP contribution is -2.37. The molecule has 0 saturated heterocycles. The van der Waals surface area contributed by atoms with Crippen LogP contribution in [0, 0.1) is 13.8 Å². The number of alkyl halides is 2. The van der Waals surface area contributed by atoms with Gasteiger partial charge in [0.25, 0.3) is 0 Å². The van der Waals surface area contributed by atoms with Gasteiger partial charge in [-0.25, -0.2) is 4.99 Å². The van der Waals surface area contributed by atoms with Crippen LogP contribution in [0.4, 0.5) is 8.78 Å². The largest absolute Gasteiger partial charge is 0.497 e. The molecule has 0 saturated carbocycles. The minimum absolute atomic E-state index is 0. The lowest BCUT2D eigenvalue weighted by atomic mass is 10.2. The van der Waals surface area contributed by atoms with Crippen LogP contribution in [0.1, 0.15) is 29.4 Å². The minimum Gasteiger partial charge on any atom is -0.497 e. The monoisotopic (exact) mass is 523 g/mol. The minimum atomic E-state index is -2.90. The first-order chi connectivity index (χ1) is 13.3. The fourth-order valence-corrected chi connectivity index (χ4v) is 2.77. The van der Waals surface area contributed by atoms with Crippen LogP contribution in [0.2, 0.25) is 0 Å². The Morgan fingerprint density at radius 2 is 2.00 bits per heavy atom. The van der Waals surface area contributed by atoms with Crippen LogP contribution >= 0.6 is 24.0 Å². The van der Waals surface area contributed by atoms with Crippen LogP contribution in [-0.4, -0.2) is 36.0 Å². The van der Waals surface area contributed by atoms with E-state index in [0.29, 0.717) is 30.4 Å². The number of aliphatic imine (C=N–C) groups is 1. The second-order valence-electron chi connectivity index (χ2n) is 6.17. The van der Waals surface area contributed by atoms with Gasteiger partial charge in [0.2, 0.25) is 0 Å². The molecule has 162 valence electrons. The van der Waals surface area contributed by atoms with E-state index in [4.69, 9.17) is 4.74 Å². The van der Waals surface area contributed by atoms with E-state index in [1.807, 2.05) is 32.5 Å². The number of ether oxygens (including phenoxy) is 2. The number of hydrogen-bond donors (Lipinski definition) is 2. The number of rotatable bonds is 8. The average molecular weight is 523 g/mol. The second kappa shape index (κ2) is 11.8. The summed E-state index contributed by atoms with van der Waals surface area (Å²) in [5, 5.41) is 10.8. The third kappa shape index (κ3) is 7.02. The van der Waals surface area contributed by atoms with Crippen molar-refractivity contribution in [1.29, 1.82) is 0 Å². The fourth-order valence-electron chi connectivity index (χ4n) is 2.77. The van der Waals surface area contributed by atoms with Crippen molar-refractivity contribution < 1.29 is 18.3 Å². The summed E-state index contributed by atoms with van der Waals surface area (Å²) >= 11 is 0. The van der Waals surface area contributed by atoms with Crippen molar-refractivity contribution in [2.75, 3.05) is 13.7 Å². The van der Waals surface area contributed by atoms with E-state index in [1.54, 1.807) is 12.1 Å². The van der Waals surface area contributed by atoms with Gasteiger partial charge in [0.15, 0.2) is 5.96 Å². The summed E-state index contributed by atoms with van der Waals surface area (Å²) in [5.74, 6) is 1.19. The molecule has 29 heavy (non-hydrogen) atoms. The van der Waals surface area contributed by atoms with Crippen LogP contribution in [0.3, 0.4) is 0 Å². The Morgan fingerprint density at radius 3 is 2.55 bits per heavy atom. The molecule has 0 fully saturated rings. The number of aryl methyl sites for hydroxylation is 2. The van der Waals surface area contributed by atoms with Gasteiger partial charge in [-0.15, -0.1) is 24.0 Å². The highest BCUT2D eigenvalue weighted by Crippen LogP contribution is 2.26. The summed E-state index contributed by atoms with van der Waals surface area (Å²) in [6.07, 6.45) is 0. The Labute approximate surface area is 186 Å². The maximum absolute atomic E-state index is 12.7. The molecular weight excluding hydrogens is 495 g/mol. The molecule has 0 radical (unpaired) electrons. The van der Waals surface area contributed by atoms with Gasteiger partial charge in [-0.05, 0) is 39.0 Å². The van der Waals surface area contributed by atoms with Crippen LogP contribution in [0.15, 0.2) is 23.2 Å². The molecular formula is C19H28F2IN5O2. The molecule has 0 bridgehead atoms. The third-order valence-corrected chi connectivity index (χ3v) is 4.33. The normalized spacial score (nSPS) is 11.2. The topological polar surface area (TPSA) is 72.7 Å². The zero-order valence-corrected chi connectivity index (χ0v) is 19.6. The van der Waals surface area contributed by atoms with E-state index >= 15 is 0 Å². The average Bonchev–Trinajstić information content (AvgIpc) is 2.89. The fraction of sp³-hybridized carbons (Fsp3) is 0.474. The number of methoxy groups -OCH3 is 1. The predicted molar refractivity (Wildman–Crippen MR) is 119 cm³/mol. The van der Waals surface area contributed by atoms with Crippen molar-refractivity contribution in [1.82, 2.24) is 20.4 Å². The lowest BCUT2D eigenvalue weighted by molar-refractivity contribution is -0.0504. The molecule has 1 heterocycles. The van der Waals surface area contributed by atoms with Gasteiger partial charge in [0.1, 0.15) is 11.5 Å². The zero-order chi connectivity index (χ0) is 20.7. The molecule has 1 aromatic carbocycles. The van der Waals surface area contributed by atoms with Gasteiger partial charge in [0.05, 0.1) is 19.3 Å². The molecule has 2 N–H and O–H groups in total. The van der Waals surface area contributed by atoms with Crippen LogP contribution in [-0.2, 0) is 20.1 Å². The highest BCUT2D eigenvalue weighted by Gasteiger charge is 2.12. The first-order valence-electron chi connectivity index (χ1n) is 8.98. The Hall–Kier alpha value is -2.11. The summed E-state index contributed by atoms with van der Waals surface area (Å²) in [5.41, 5.74) is 3.62. The van der Waals surface area contributed by atoms with Crippen molar-refractivity contribution in [3.63, 3.8) is 0 Å². The number of nitrogens with one attached hydrogen (secondary N) is 2. The predicted octanol–water partition coefficient (Wildman–Crippen LogP) is 3.52. The van der Waals surface area contributed by atoms with Crippen molar-refractivity contribution in [3.8, 4) is 11.5 Å². The maximum atomic E-state index is 12.7. The molecule has 2 aromatic rings. The van der Waals surface area contributed by atoms with E-state index in [0.717, 1.165) is 17.0 Å².